The molecule has 1 aromatic heterocycles. The summed E-state index contributed by atoms with van der Waals surface area (Å²) < 4.78 is 23.5. The first-order valence-corrected chi connectivity index (χ1v) is 5.75. The summed E-state index contributed by atoms with van der Waals surface area (Å²) in [5.74, 6) is 0.275. The van der Waals surface area contributed by atoms with Crippen LogP contribution in [0.4, 0.5) is 5.82 Å². The molecule has 0 amide bonds. The summed E-state index contributed by atoms with van der Waals surface area (Å²) in [5, 5.41) is 0. The Kier molecular flexibility index (Phi) is 3.02. The topological polar surface area (TPSA) is 89.2 Å². The van der Waals surface area contributed by atoms with Gasteiger partial charge in [0.1, 0.15) is 0 Å². The lowest BCUT2D eigenvalue weighted by Crippen LogP contribution is -2.27. The molecule has 0 saturated heterocycles. The van der Waals surface area contributed by atoms with E-state index < -0.39 is 10.0 Å². The first-order chi connectivity index (χ1) is 6.46. The van der Waals surface area contributed by atoms with Crippen LogP contribution in [-0.2, 0) is 16.6 Å². The fourth-order valence-electron chi connectivity index (χ4n) is 0.924. The van der Waals surface area contributed by atoms with Crippen molar-refractivity contribution < 1.29 is 8.42 Å². The molecule has 0 saturated carbocycles. The van der Waals surface area contributed by atoms with Crippen LogP contribution < -0.4 is 10.0 Å². The maximum Gasteiger partial charge on any atom is 0.233 e. The van der Waals surface area contributed by atoms with E-state index in [9.17, 15) is 8.42 Å². The quantitative estimate of drug-likeness (QED) is 0.724. The minimum absolute atomic E-state index is 0.156. The van der Waals surface area contributed by atoms with Crippen LogP contribution in [0, 0.1) is 0 Å². The molecule has 0 aliphatic carbocycles. The molecule has 7 heteroatoms. The predicted octanol–water partition coefficient (Wildman–Crippen LogP) is -0.669. The van der Waals surface area contributed by atoms with Gasteiger partial charge in [0, 0.05) is 26.0 Å². The molecule has 0 unspecified atom stereocenters. The van der Waals surface area contributed by atoms with Crippen molar-refractivity contribution >= 4 is 15.8 Å². The lowest BCUT2D eigenvalue weighted by molar-refractivity contribution is 0.599. The first kappa shape index (κ1) is 10.9. The van der Waals surface area contributed by atoms with Crippen molar-refractivity contribution in [3.8, 4) is 0 Å². The van der Waals surface area contributed by atoms with Crippen molar-refractivity contribution in [3.63, 3.8) is 0 Å². The van der Waals surface area contributed by atoms with Crippen LogP contribution in [0.3, 0.4) is 0 Å². The third kappa shape index (κ3) is 2.18. The fraction of sp³-hybridized carbons (Fsp3) is 0.429. The Morgan fingerprint density at radius 1 is 1.43 bits per heavy atom. The van der Waals surface area contributed by atoms with E-state index in [2.05, 4.69) is 9.97 Å². The molecule has 1 aromatic rings. The molecule has 6 nitrogen and oxygen atoms in total. The highest BCUT2D eigenvalue weighted by Crippen LogP contribution is 2.14. The summed E-state index contributed by atoms with van der Waals surface area (Å²) in [6.07, 6.45) is 4.00. The van der Waals surface area contributed by atoms with Crippen molar-refractivity contribution in [2.45, 2.75) is 6.54 Å². The maximum absolute atomic E-state index is 11.2. The molecule has 1 heterocycles. The standard InChI is InChI=1S/C7H12N4O2S/c1-11(14(2,12)13)7-6(5-8)9-3-4-10-7/h3-4H,5,8H2,1-2H3. The average molecular weight is 216 g/mol. The Morgan fingerprint density at radius 2 is 2.00 bits per heavy atom. The monoisotopic (exact) mass is 216 g/mol. The second kappa shape index (κ2) is 3.89. The second-order valence-electron chi connectivity index (χ2n) is 2.76. The Hall–Kier alpha value is -1.21. The Bertz CT molecular complexity index is 417. The largest absolute Gasteiger partial charge is 0.325 e. The summed E-state index contributed by atoms with van der Waals surface area (Å²) in [6.45, 7) is 0.156. The lowest BCUT2D eigenvalue weighted by Gasteiger charge is -2.16. The fourth-order valence-corrected chi connectivity index (χ4v) is 1.39. The van der Waals surface area contributed by atoms with Gasteiger partial charge in [0.05, 0.1) is 11.9 Å². The maximum atomic E-state index is 11.2. The minimum atomic E-state index is -3.31. The highest BCUT2D eigenvalue weighted by atomic mass is 32.2. The van der Waals surface area contributed by atoms with Crippen LogP contribution in [0.15, 0.2) is 12.4 Å². The number of anilines is 1. The van der Waals surface area contributed by atoms with Crippen molar-refractivity contribution in [1.82, 2.24) is 9.97 Å². The number of hydrogen-bond donors (Lipinski definition) is 1. The summed E-state index contributed by atoms with van der Waals surface area (Å²) in [4.78, 5) is 7.86. The predicted molar refractivity (Wildman–Crippen MR) is 53.2 cm³/mol. The minimum Gasteiger partial charge on any atom is -0.325 e. The molecule has 0 radical (unpaired) electrons. The number of nitrogens with zero attached hydrogens (tertiary/aromatic N) is 3. The van der Waals surface area contributed by atoms with Crippen molar-refractivity contribution in [2.24, 2.45) is 5.73 Å². The molecule has 1 rings (SSSR count). The van der Waals surface area contributed by atoms with Gasteiger partial charge in [-0.1, -0.05) is 0 Å². The SMILES string of the molecule is CN(c1nccnc1CN)S(C)(=O)=O. The summed E-state index contributed by atoms with van der Waals surface area (Å²) in [5.41, 5.74) is 5.87. The molecule has 0 atom stereocenters. The van der Waals surface area contributed by atoms with Crippen LogP contribution in [0.5, 0.6) is 0 Å². The van der Waals surface area contributed by atoms with Gasteiger partial charge in [-0.05, 0) is 0 Å². The molecule has 0 aromatic carbocycles. The van der Waals surface area contributed by atoms with Gasteiger partial charge in [0.2, 0.25) is 10.0 Å². The summed E-state index contributed by atoms with van der Waals surface area (Å²) in [7, 11) is -1.90. The van der Waals surface area contributed by atoms with E-state index >= 15 is 0 Å². The number of aromatic nitrogens is 2. The Labute approximate surface area is 82.8 Å². The molecule has 0 spiro atoms. The molecule has 14 heavy (non-hydrogen) atoms. The van der Waals surface area contributed by atoms with Crippen LogP contribution in [0.2, 0.25) is 0 Å². The van der Waals surface area contributed by atoms with E-state index in [-0.39, 0.29) is 12.4 Å². The van der Waals surface area contributed by atoms with Gasteiger partial charge in [0.15, 0.2) is 5.82 Å². The van der Waals surface area contributed by atoms with Crippen LogP contribution in [0.25, 0.3) is 0 Å². The van der Waals surface area contributed by atoms with Crippen molar-refractivity contribution in [3.05, 3.63) is 18.1 Å². The highest BCUT2D eigenvalue weighted by molar-refractivity contribution is 7.92. The molecular weight excluding hydrogens is 204 g/mol. The van der Waals surface area contributed by atoms with Gasteiger partial charge < -0.3 is 5.73 Å². The lowest BCUT2D eigenvalue weighted by atomic mass is 10.4. The van der Waals surface area contributed by atoms with E-state index in [1.807, 2.05) is 0 Å². The molecule has 0 fully saturated rings. The van der Waals surface area contributed by atoms with E-state index in [4.69, 9.17) is 5.73 Å². The third-order valence-electron chi connectivity index (χ3n) is 1.74. The third-order valence-corrected chi connectivity index (χ3v) is 2.91. The summed E-state index contributed by atoms with van der Waals surface area (Å²) in [6, 6.07) is 0. The number of nitrogens with two attached hydrogens (primary N) is 1. The average Bonchev–Trinajstić information content (AvgIpc) is 2.15. The highest BCUT2D eigenvalue weighted by Gasteiger charge is 2.16. The smallest absolute Gasteiger partial charge is 0.233 e. The van der Waals surface area contributed by atoms with E-state index in [0.29, 0.717) is 5.69 Å². The zero-order chi connectivity index (χ0) is 10.8. The van der Waals surface area contributed by atoms with Crippen LogP contribution >= 0.6 is 0 Å². The van der Waals surface area contributed by atoms with E-state index in [1.165, 1.54) is 19.4 Å². The van der Waals surface area contributed by atoms with Gasteiger partial charge in [-0.15, -0.1) is 0 Å². The van der Waals surface area contributed by atoms with E-state index in [1.54, 1.807) is 0 Å². The number of rotatable bonds is 3. The molecule has 0 aliphatic rings. The van der Waals surface area contributed by atoms with Gasteiger partial charge >= 0.3 is 0 Å². The van der Waals surface area contributed by atoms with Gasteiger partial charge in [-0.3, -0.25) is 9.29 Å². The van der Waals surface area contributed by atoms with Crippen molar-refractivity contribution in [2.75, 3.05) is 17.6 Å². The molecule has 0 bridgehead atoms. The Morgan fingerprint density at radius 3 is 2.50 bits per heavy atom. The van der Waals surface area contributed by atoms with Crippen LogP contribution in [0.1, 0.15) is 5.69 Å². The van der Waals surface area contributed by atoms with Gasteiger partial charge in [0.25, 0.3) is 0 Å². The number of sulfonamides is 1. The summed E-state index contributed by atoms with van der Waals surface area (Å²) >= 11 is 0. The number of hydrogen-bond acceptors (Lipinski definition) is 5. The van der Waals surface area contributed by atoms with E-state index in [0.717, 1.165) is 10.6 Å². The van der Waals surface area contributed by atoms with Gasteiger partial charge in [-0.25, -0.2) is 13.4 Å². The first-order valence-electron chi connectivity index (χ1n) is 3.90. The van der Waals surface area contributed by atoms with Crippen molar-refractivity contribution in [1.29, 1.82) is 0 Å². The second-order valence-corrected chi connectivity index (χ2v) is 4.78. The zero-order valence-corrected chi connectivity index (χ0v) is 8.82. The normalized spacial score (nSPS) is 11.4. The van der Waals surface area contributed by atoms with Crippen LogP contribution in [-0.4, -0.2) is 31.7 Å². The molecule has 0 aliphatic heterocycles. The van der Waals surface area contributed by atoms with Gasteiger partial charge in [-0.2, -0.15) is 0 Å². The molecule has 2 N–H and O–H groups in total. The zero-order valence-electron chi connectivity index (χ0n) is 8.01. The Balaban J connectivity index is 3.19. The molecular formula is C7H12N4O2S. The molecule has 78 valence electrons.